The number of benzene rings is 2. The zero-order chi connectivity index (χ0) is 12.3. The molecule has 0 unspecified atom stereocenters. The summed E-state index contributed by atoms with van der Waals surface area (Å²) in [6.45, 7) is 0. The highest BCUT2D eigenvalue weighted by molar-refractivity contribution is 5.96. The molecule has 2 rings (SSSR count). The summed E-state index contributed by atoms with van der Waals surface area (Å²) < 4.78 is 5.19. The summed E-state index contributed by atoms with van der Waals surface area (Å²) in [6, 6.07) is 11.7. The van der Waals surface area contributed by atoms with Gasteiger partial charge in [0.25, 0.3) is 0 Å². The van der Waals surface area contributed by atoms with Crippen molar-refractivity contribution >= 4 is 22.8 Å². The highest BCUT2D eigenvalue weighted by atomic mass is 16.5. The first-order valence-electron chi connectivity index (χ1n) is 5.25. The van der Waals surface area contributed by atoms with E-state index in [0.717, 1.165) is 22.1 Å². The fraction of sp³-hybridized carbons (Fsp3) is 0.0714. The predicted octanol–water partition coefficient (Wildman–Crippen LogP) is 2.35. The summed E-state index contributed by atoms with van der Waals surface area (Å²) >= 11 is 0. The van der Waals surface area contributed by atoms with Crippen molar-refractivity contribution < 1.29 is 9.53 Å². The molecule has 0 bridgehead atoms. The first-order chi connectivity index (χ1) is 8.20. The number of ether oxygens (including phenoxy) is 1. The fourth-order valence-corrected chi connectivity index (χ4v) is 1.72. The molecule has 17 heavy (non-hydrogen) atoms. The van der Waals surface area contributed by atoms with E-state index in [1.54, 1.807) is 13.2 Å². The molecule has 1 amide bonds. The molecule has 3 nitrogen and oxygen atoms in total. The Bertz CT molecular complexity index is 588. The van der Waals surface area contributed by atoms with Crippen molar-refractivity contribution in [1.82, 2.24) is 0 Å². The molecule has 2 N–H and O–H groups in total. The smallest absolute Gasteiger partial charge is 0.241 e. The summed E-state index contributed by atoms with van der Waals surface area (Å²) in [6.07, 6.45) is 3.07. The van der Waals surface area contributed by atoms with Gasteiger partial charge in [-0.25, -0.2) is 0 Å². The SMILES string of the molecule is COc1ccc2cccc(C=CC(N)=O)c2c1. The van der Waals surface area contributed by atoms with Crippen LogP contribution >= 0.6 is 0 Å². The van der Waals surface area contributed by atoms with E-state index in [2.05, 4.69) is 0 Å². The third-order valence-electron chi connectivity index (χ3n) is 2.55. The van der Waals surface area contributed by atoms with E-state index in [0.29, 0.717) is 0 Å². The number of amides is 1. The average molecular weight is 227 g/mol. The van der Waals surface area contributed by atoms with E-state index < -0.39 is 5.91 Å². The van der Waals surface area contributed by atoms with Gasteiger partial charge in [-0.05, 0) is 34.5 Å². The van der Waals surface area contributed by atoms with Crippen molar-refractivity contribution in [3.8, 4) is 5.75 Å². The van der Waals surface area contributed by atoms with Crippen LogP contribution in [0.2, 0.25) is 0 Å². The zero-order valence-corrected chi connectivity index (χ0v) is 9.51. The third kappa shape index (κ3) is 2.45. The number of fused-ring (bicyclic) bond motifs is 1. The van der Waals surface area contributed by atoms with Gasteiger partial charge >= 0.3 is 0 Å². The highest BCUT2D eigenvalue weighted by Gasteiger charge is 2.00. The molecule has 0 aliphatic heterocycles. The van der Waals surface area contributed by atoms with Gasteiger partial charge in [-0.15, -0.1) is 0 Å². The minimum Gasteiger partial charge on any atom is -0.497 e. The van der Waals surface area contributed by atoms with Gasteiger partial charge < -0.3 is 10.5 Å². The molecule has 0 spiro atoms. The Hall–Kier alpha value is -2.29. The van der Waals surface area contributed by atoms with Crippen molar-refractivity contribution in [2.24, 2.45) is 5.73 Å². The van der Waals surface area contributed by atoms with Gasteiger partial charge in [0.2, 0.25) is 5.91 Å². The maximum Gasteiger partial charge on any atom is 0.241 e. The third-order valence-corrected chi connectivity index (χ3v) is 2.55. The molecular formula is C14H13NO2. The van der Waals surface area contributed by atoms with Gasteiger partial charge in [0, 0.05) is 6.08 Å². The standard InChI is InChI=1S/C14H13NO2/c1-17-12-7-5-10-3-2-4-11(13(10)9-12)6-8-14(15)16/h2-9H,1H3,(H2,15,16). The van der Waals surface area contributed by atoms with Crippen LogP contribution < -0.4 is 10.5 Å². The normalized spacial score (nSPS) is 10.9. The number of primary amides is 1. The largest absolute Gasteiger partial charge is 0.497 e. The van der Waals surface area contributed by atoms with E-state index in [1.165, 1.54) is 6.08 Å². The molecule has 0 aromatic heterocycles. The Labute approximate surface area is 99.5 Å². The van der Waals surface area contributed by atoms with Crippen LogP contribution in [0.25, 0.3) is 16.8 Å². The van der Waals surface area contributed by atoms with Crippen LogP contribution in [0.15, 0.2) is 42.5 Å². The first kappa shape index (κ1) is 11.2. The number of methoxy groups -OCH3 is 1. The van der Waals surface area contributed by atoms with Crippen LogP contribution in [0.1, 0.15) is 5.56 Å². The summed E-state index contributed by atoms with van der Waals surface area (Å²) in [5.41, 5.74) is 6.03. The monoisotopic (exact) mass is 227 g/mol. The van der Waals surface area contributed by atoms with Crippen LogP contribution in [-0.2, 0) is 4.79 Å². The Morgan fingerprint density at radius 2 is 2.12 bits per heavy atom. The maximum atomic E-state index is 10.7. The van der Waals surface area contributed by atoms with Gasteiger partial charge in [0.1, 0.15) is 5.75 Å². The summed E-state index contributed by atoms with van der Waals surface area (Å²) in [7, 11) is 1.63. The lowest BCUT2D eigenvalue weighted by atomic mass is 10.0. The lowest BCUT2D eigenvalue weighted by Crippen LogP contribution is -2.05. The molecule has 0 radical (unpaired) electrons. The molecule has 3 heteroatoms. The van der Waals surface area contributed by atoms with Gasteiger partial charge in [-0.2, -0.15) is 0 Å². The molecule has 0 fully saturated rings. The molecule has 0 aliphatic carbocycles. The van der Waals surface area contributed by atoms with Crippen molar-refractivity contribution in [2.45, 2.75) is 0 Å². The number of hydrogen-bond acceptors (Lipinski definition) is 2. The highest BCUT2D eigenvalue weighted by Crippen LogP contribution is 2.24. The van der Waals surface area contributed by atoms with E-state index in [9.17, 15) is 4.79 Å². The van der Waals surface area contributed by atoms with Crippen LogP contribution in [0.5, 0.6) is 5.75 Å². The zero-order valence-electron chi connectivity index (χ0n) is 9.51. The molecule has 0 aliphatic rings. The number of rotatable bonds is 3. The van der Waals surface area contributed by atoms with Gasteiger partial charge in [-0.1, -0.05) is 24.3 Å². The van der Waals surface area contributed by atoms with Crippen molar-refractivity contribution in [3.63, 3.8) is 0 Å². The van der Waals surface area contributed by atoms with E-state index >= 15 is 0 Å². The van der Waals surface area contributed by atoms with Crippen molar-refractivity contribution in [1.29, 1.82) is 0 Å². The van der Waals surface area contributed by atoms with E-state index in [4.69, 9.17) is 10.5 Å². The molecule has 2 aromatic carbocycles. The molecule has 2 aromatic rings. The Morgan fingerprint density at radius 1 is 1.29 bits per heavy atom. The second kappa shape index (κ2) is 4.70. The molecular weight excluding hydrogens is 214 g/mol. The predicted molar refractivity (Wildman–Crippen MR) is 68.7 cm³/mol. The summed E-state index contributed by atoms with van der Waals surface area (Å²) in [5, 5.41) is 2.13. The molecule has 0 saturated carbocycles. The average Bonchev–Trinajstić information content (AvgIpc) is 2.35. The van der Waals surface area contributed by atoms with Crippen LogP contribution in [-0.4, -0.2) is 13.0 Å². The van der Waals surface area contributed by atoms with E-state index in [1.807, 2.05) is 36.4 Å². The van der Waals surface area contributed by atoms with Gasteiger partial charge in [0.05, 0.1) is 7.11 Å². The minimum absolute atomic E-state index is 0.454. The maximum absolute atomic E-state index is 10.7. The number of carbonyl (C=O) groups is 1. The Morgan fingerprint density at radius 3 is 2.82 bits per heavy atom. The van der Waals surface area contributed by atoms with Gasteiger partial charge in [0.15, 0.2) is 0 Å². The Kier molecular flexibility index (Phi) is 3.10. The Balaban J connectivity index is 2.58. The first-order valence-corrected chi connectivity index (χ1v) is 5.25. The topological polar surface area (TPSA) is 52.3 Å². The summed E-state index contributed by atoms with van der Waals surface area (Å²) in [4.78, 5) is 10.7. The summed E-state index contributed by atoms with van der Waals surface area (Å²) in [5.74, 6) is 0.335. The van der Waals surface area contributed by atoms with Crippen LogP contribution in [0.3, 0.4) is 0 Å². The van der Waals surface area contributed by atoms with E-state index in [-0.39, 0.29) is 0 Å². The second-order valence-corrected chi connectivity index (χ2v) is 3.67. The van der Waals surface area contributed by atoms with Gasteiger partial charge in [-0.3, -0.25) is 4.79 Å². The molecule has 86 valence electrons. The lowest BCUT2D eigenvalue weighted by Gasteiger charge is -2.05. The van der Waals surface area contributed by atoms with Crippen LogP contribution in [0.4, 0.5) is 0 Å². The molecule has 0 atom stereocenters. The second-order valence-electron chi connectivity index (χ2n) is 3.67. The number of hydrogen-bond donors (Lipinski definition) is 1. The fourth-order valence-electron chi connectivity index (χ4n) is 1.72. The van der Waals surface area contributed by atoms with Crippen molar-refractivity contribution in [3.05, 3.63) is 48.0 Å². The van der Waals surface area contributed by atoms with Crippen molar-refractivity contribution in [2.75, 3.05) is 7.11 Å². The number of carbonyl (C=O) groups excluding carboxylic acids is 1. The minimum atomic E-state index is -0.454. The molecule has 0 saturated heterocycles. The number of nitrogens with two attached hydrogens (primary N) is 1. The van der Waals surface area contributed by atoms with Crippen LogP contribution in [0, 0.1) is 0 Å². The quantitative estimate of drug-likeness (QED) is 0.818. The molecule has 0 heterocycles. The lowest BCUT2D eigenvalue weighted by molar-refractivity contribution is -0.113.